The largest absolute Gasteiger partial charge is 0.465 e. The number of β-amino-alcohol motifs (C(OH)–C–C–N with tert-alkyl or cyclic N) is 1. The van der Waals surface area contributed by atoms with Crippen LogP contribution in [0.4, 0.5) is 13.6 Å². The molecule has 1 heterocycles. The van der Waals surface area contributed by atoms with Crippen molar-refractivity contribution in [2.24, 2.45) is 0 Å². The zero-order valence-electron chi connectivity index (χ0n) is 6.15. The van der Waals surface area contributed by atoms with Gasteiger partial charge < -0.3 is 10.2 Å². The van der Waals surface area contributed by atoms with E-state index in [4.69, 9.17) is 10.2 Å². The smallest absolute Gasteiger partial charge is 0.407 e. The molecule has 0 aromatic rings. The Morgan fingerprint density at radius 2 is 2.17 bits per heavy atom. The summed E-state index contributed by atoms with van der Waals surface area (Å²) in [5.74, 6) is 0. The van der Waals surface area contributed by atoms with Crippen molar-refractivity contribution in [3.8, 4) is 0 Å². The van der Waals surface area contributed by atoms with Crippen LogP contribution in [0.1, 0.15) is 6.42 Å². The van der Waals surface area contributed by atoms with Gasteiger partial charge in [-0.3, -0.25) is 4.90 Å². The normalized spacial score (nSPS) is 29.8. The second-order valence-corrected chi connectivity index (χ2v) is 2.73. The Balaban J connectivity index is 2.65. The van der Waals surface area contributed by atoms with E-state index in [9.17, 15) is 13.6 Å². The van der Waals surface area contributed by atoms with Gasteiger partial charge in [0.1, 0.15) is 0 Å². The molecular formula is C6H9F2NO3. The Bertz CT molecular complexity index is 188. The molecule has 4 nitrogen and oxygen atoms in total. The van der Waals surface area contributed by atoms with Gasteiger partial charge in [-0.15, -0.1) is 0 Å². The first-order valence-electron chi connectivity index (χ1n) is 3.48. The second kappa shape index (κ2) is 3.22. The maximum absolute atomic E-state index is 12.1. The number of carbonyl (C=O) groups is 1. The summed E-state index contributed by atoms with van der Waals surface area (Å²) in [5.41, 5.74) is 0. The first-order valence-corrected chi connectivity index (χ1v) is 3.48. The lowest BCUT2D eigenvalue weighted by atomic mass is 10.2. The van der Waals surface area contributed by atoms with Crippen LogP contribution < -0.4 is 0 Å². The summed E-state index contributed by atoms with van der Waals surface area (Å²) in [6.07, 6.45) is -5.26. The van der Waals surface area contributed by atoms with Gasteiger partial charge in [-0.2, -0.15) is 0 Å². The van der Waals surface area contributed by atoms with E-state index in [1.165, 1.54) is 0 Å². The van der Waals surface area contributed by atoms with E-state index in [1.807, 2.05) is 0 Å². The maximum Gasteiger partial charge on any atom is 0.407 e. The van der Waals surface area contributed by atoms with Crippen molar-refractivity contribution in [1.82, 2.24) is 4.90 Å². The minimum Gasteiger partial charge on any atom is -0.465 e. The molecule has 1 rings (SSSR count). The summed E-state index contributed by atoms with van der Waals surface area (Å²) in [6.45, 7) is -0.218. The minimum atomic E-state index is -2.72. The molecule has 70 valence electrons. The van der Waals surface area contributed by atoms with Gasteiger partial charge in [0.2, 0.25) is 0 Å². The van der Waals surface area contributed by atoms with Crippen LogP contribution in [-0.2, 0) is 0 Å². The second-order valence-electron chi connectivity index (χ2n) is 2.73. The predicted octanol–water partition coefficient (Wildman–Crippen LogP) is 0.365. The fraction of sp³-hybridized carbons (Fsp3) is 0.833. The van der Waals surface area contributed by atoms with E-state index in [1.54, 1.807) is 0 Å². The molecule has 1 aliphatic rings. The first kappa shape index (κ1) is 9.18. The predicted molar refractivity (Wildman–Crippen MR) is 35.1 cm³/mol. The molecule has 1 fully saturated rings. The van der Waals surface area contributed by atoms with Crippen LogP contribution in [-0.4, -0.2) is 46.3 Å². The number of likely N-dealkylation sites (tertiary alicyclic amines) is 1. The fourth-order valence-corrected chi connectivity index (χ4v) is 1.30. The molecule has 12 heavy (non-hydrogen) atoms. The third kappa shape index (κ3) is 1.63. The summed E-state index contributed by atoms with van der Waals surface area (Å²) in [7, 11) is 0. The number of aliphatic hydroxyl groups excluding tert-OH is 1. The number of hydrogen-bond donors (Lipinski definition) is 2. The van der Waals surface area contributed by atoms with Crippen LogP contribution in [0, 0.1) is 0 Å². The molecule has 0 aromatic carbocycles. The van der Waals surface area contributed by atoms with Gasteiger partial charge in [-0.25, -0.2) is 13.6 Å². The molecule has 0 radical (unpaired) electrons. The molecule has 0 bridgehead atoms. The lowest BCUT2D eigenvalue weighted by Crippen LogP contribution is -2.38. The van der Waals surface area contributed by atoms with E-state index in [2.05, 4.69) is 0 Å². The summed E-state index contributed by atoms with van der Waals surface area (Å²) in [5, 5.41) is 17.4. The van der Waals surface area contributed by atoms with Crippen molar-refractivity contribution in [2.75, 3.05) is 6.54 Å². The summed E-state index contributed by atoms with van der Waals surface area (Å²) >= 11 is 0. The first-order chi connectivity index (χ1) is 5.52. The zero-order chi connectivity index (χ0) is 9.30. The molecule has 2 atom stereocenters. The zero-order valence-corrected chi connectivity index (χ0v) is 6.15. The van der Waals surface area contributed by atoms with Crippen molar-refractivity contribution < 1.29 is 23.8 Å². The number of halogens is 2. The van der Waals surface area contributed by atoms with Gasteiger partial charge in [-0.1, -0.05) is 0 Å². The summed E-state index contributed by atoms with van der Waals surface area (Å²) in [6, 6.07) is -1.35. The molecule has 0 spiro atoms. The standard InChI is InChI=1S/C6H9F2NO3/c7-5(8)4-1-3(10)2-9(4)6(11)12/h3-5,10H,1-2H2,(H,11,12)/t3?,4-/m0/s1. The number of alkyl halides is 2. The number of hydrogen-bond acceptors (Lipinski definition) is 2. The molecule has 0 saturated carbocycles. The van der Waals surface area contributed by atoms with E-state index in [0.29, 0.717) is 4.90 Å². The van der Waals surface area contributed by atoms with Crippen LogP contribution >= 0.6 is 0 Å². The maximum atomic E-state index is 12.1. The third-order valence-electron chi connectivity index (χ3n) is 1.86. The van der Waals surface area contributed by atoms with E-state index >= 15 is 0 Å². The summed E-state index contributed by atoms with van der Waals surface area (Å²) in [4.78, 5) is 10.9. The highest BCUT2D eigenvalue weighted by Crippen LogP contribution is 2.23. The van der Waals surface area contributed by atoms with Gasteiger partial charge in [0.05, 0.1) is 18.7 Å². The average molecular weight is 181 g/mol. The SMILES string of the molecule is O=C(O)N1CC(O)C[C@H]1C(F)F. The molecule has 0 aliphatic carbocycles. The van der Waals surface area contributed by atoms with E-state index in [0.717, 1.165) is 0 Å². The van der Waals surface area contributed by atoms with Crippen molar-refractivity contribution in [1.29, 1.82) is 0 Å². The van der Waals surface area contributed by atoms with Crippen molar-refractivity contribution in [2.45, 2.75) is 25.0 Å². The number of aliphatic hydroxyl groups is 1. The lowest BCUT2D eigenvalue weighted by molar-refractivity contribution is 0.0469. The van der Waals surface area contributed by atoms with Crippen LogP contribution in [0.15, 0.2) is 0 Å². The average Bonchev–Trinajstić information content (AvgIpc) is 2.31. The van der Waals surface area contributed by atoms with Crippen molar-refractivity contribution >= 4 is 6.09 Å². The minimum absolute atomic E-state index is 0.177. The van der Waals surface area contributed by atoms with Gasteiger partial charge in [-0.05, 0) is 0 Å². The Labute approximate surface area is 67.4 Å². The molecule has 1 saturated heterocycles. The Kier molecular flexibility index (Phi) is 2.46. The van der Waals surface area contributed by atoms with E-state index in [-0.39, 0.29) is 13.0 Å². The molecule has 1 aliphatic heterocycles. The fourth-order valence-electron chi connectivity index (χ4n) is 1.30. The van der Waals surface area contributed by atoms with Gasteiger partial charge >= 0.3 is 6.09 Å². The van der Waals surface area contributed by atoms with Crippen LogP contribution in [0.5, 0.6) is 0 Å². The van der Waals surface area contributed by atoms with Crippen LogP contribution in [0.3, 0.4) is 0 Å². The molecule has 1 unspecified atom stereocenters. The molecular weight excluding hydrogens is 172 g/mol. The van der Waals surface area contributed by atoms with Gasteiger partial charge in [0, 0.05) is 6.42 Å². The van der Waals surface area contributed by atoms with Crippen LogP contribution in [0.2, 0.25) is 0 Å². The highest BCUT2D eigenvalue weighted by atomic mass is 19.3. The summed E-state index contributed by atoms with van der Waals surface area (Å²) < 4.78 is 24.2. The quantitative estimate of drug-likeness (QED) is 0.614. The number of nitrogens with zero attached hydrogens (tertiary/aromatic N) is 1. The van der Waals surface area contributed by atoms with E-state index < -0.39 is 24.7 Å². The third-order valence-corrected chi connectivity index (χ3v) is 1.86. The topological polar surface area (TPSA) is 60.8 Å². The Morgan fingerprint density at radius 1 is 1.58 bits per heavy atom. The van der Waals surface area contributed by atoms with Crippen molar-refractivity contribution in [3.05, 3.63) is 0 Å². The molecule has 2 N–H and O–H groups in total. The lowest BCUT2D eigenvalue weighted by Gasteiger charge is -2.19. The Hall–Kier alpha value is -0.910. The highest BCUT2D eigenvalue weighted by Gasteiger charge is 2.39. The van der Waals surface area contributed by atoms with Crippen LogP contribution in [0.25, 0.3) is 0 Å². The molecule has 6 heteroatoms. The monoisotopic (exact) mass is 181 g/mol. The number of carboxylic acid groups (broad SMARTS) is 1. The molecule has 1 amide bonds. The number of rotatable bonds is 1. The molecule has 0 aromatic heterocycles. The van der Waals surface area contributed by atoms with Gasteiger partial charge in [0.15, 0.2) is 0 Å². The highest BCUT2D eigenvalue weighted by molar-refractivity contribution is 5.66. The van der Waals surface area contributed by atoms with Crippen molar-refractivity contribution in [3.63, 3.8) is 0 Å². The van der Waals surface area contributed by atoms with Gasteiger partial charge in [0.25, 0.3) is 6.43 Å². The number of amides is 1. The Morgan fingerprint density at radius 3 is 2.50 bits per heavy atom.